The standard InChI is InChI=1S/C9H9FN4O3S/c10-7-3-6(1-2-8(7)11)18(15,16)13-4-9-12-5-17-14-9/h1-3,5,13H,4,11H2. The Labute approximate surface area is 102 Å². The summed E-state index contributed by atoms with van der Waals surface area (Å²) >= 11 is 0. The predicted molar refractivity (Wildman–Crippen MR) is 59.1 cm³/mol. The first-order valence-electron chi connectivity index (χ1n) is 4.79. The fraction of sp³-hybridized carbons (Fsp3) is 0.111. The monoisotopic (exact) mass is 272 g/mol. The van der Waals surface area contributed by atoms with Crippen LogP contribution in [0.4, 0.5) is 10.1 Å². The van der Waals surface area contributed by atoms with Gasteiger partial charge in [0.1, 0.15) is 5.82 Å². The number of anilines is 1. The number of aromatic nitrogens is 2. The van der Waals surface area contributed by atoms with E-state index in [0.717, 1.165) is 12.5 Å². The highest BCUT2D eigenvalue weighted by Gasteiger charge is 2.16. The molecule has 0 radical (unpaired) electrons. The van der Waals surface area contributed by atoms with Crippen LogP contribution in [-0.4, -0.2) is 18.6 Å². The third-order valence-corrected chi connectivity index (χ3v) is 3.51. The van der Waals surface area contributed by atoms with Gasteiger partial charge in [0.05, 0.1) is 17.1 Å². The molecule has 0 saturated carbocycles. The molecule has 0 fully saturated rings. The normalized spacial score (nSPS) is 11.6. The lowest BCUT2D eigenvalue weighted by atomic mass is 10.3. The second kappa shape index (κ2) is 4.70. The number of hydrogen-bond donors (Lipinski definition) is 2. The Balaban J connectivity index is 2.17. The van der Waals surface area contributed by atoms with Crippen LogP contribution in [0.1, 0.15) is 5.82 Å². The second-order valence-electron chi connectivity index (χ2n) is 3.36. The number of nitrogens with two attached hydrogens (primary N) is 1. The number of rotatable bonds is 4. The maximum atomic E-state index is 13.2. The number of nitrogens with zero attached hydrogens (tertiary/aromatic N) is 2. The number of sulfonamides is 1. The molecule has 1 heterocycles. The molecule has 0 spiro atoms. The Morgan fingerprint density at radius 2 is 2.22 bits per heavy atom. The van der Waals surface area contributed by atoms with E-state index in [1.54, 1.807) is 0 Å². The van der Waals surface area contributed by atoms with Gasteiger partial charge in [-0.15, -0.1) is 0 Å². The largest absolute Gasteiger partial charge is 0.396 e. The van der Waals surface area contributed by atoms with Crippen LogP contribution in [0, 0.1) is 5.82 Å². The van der Waals surface area contributed by atoms with Crippen molar-refractivity contribution in [3.05, 3.63) is 36.2 Å². The molecule has 0 atom stereocenters. The van der Waals surface area contributed by atoms with E-state index in [1.165, 1.54) is 12.1 Å². The van der Waals surface area contributed by atoms with Crippen molar-refractivity contribution in [1.82, 2.24) is 14.9 Å². The summed E-state index contributed by atoms with van der Waals surface area (Å²) in [4.78, 5) is 3.42. The van der Waals surface area contributed by atoms with Crippen LogP contribution in [0.25, 0.3) is 0 Å². The van der Waals surface area contributed by atoms with E-state index in [9.17, 15) is 12.8 Å². The molecule has 1 aromatic heterocycles. The Bertz CT molecular complexity index is 642. The smallest absolute Gasteiger partial charge is 0.241 e. The maximum Gasteiger partial charge on any atom is 0.241 e. The van der Waals surface area contributed by atoms with Crippen molar-refractivity contribution in [2.45, 2.75) is 11.4 Å². The topological polar surface area (TPSA) is 111 Å². The quantitative estimate of drug-likeness (QED) is 0.773. The summed E-state index contributed by atoms with van der Waals surface area (Å²) in [6.45, 7) is -0.148. The van der Waals surface area contributed by atoms with Gasteiger partial charge in [0, 0.05) is 0 Å². The molecule has 96 valence electrons. The molecule has 0 amide bonds. The molecule has 0 bridgehead atoms. The first kappa shape index (κ1) is 12.5. The van der Waals surface area contributed by atoms with Crippen molar-refractivity contribution < 1.29 is 17.3 Å². The summed E-state index contributed by atoms with van der Waals surface area (Å²) in [7, 11) is -3.84. The van der Waals surface area contributed by atoms with E-state index in [4.69, 9.17) is 5.73 Å². The Hall–Kier alpha value is -2.00. The Kier molecular flexibility index (Phi) is 3.26. The zero-order chi connectivity index (χ0) is 13.2. The van der Waals surface area contributed by atoms with Gasteiger partial charge in [0.25, 0.3) is 0 Å². The van der Waals surface area contributed by atoms with Crippen LogP contribution in [0.15, 0.2) is 34.0 Å². The third kappa shape index (κ3) is 2.63. The molecule has 1 aromatic carbocycles. The molecule has 0 saturated heterocycles. The zero-order valence-electron chi connectivity index (χ0n) is 9.00. The van der Waals surface area contributed by atoms with Crippen LogP contribution < -0.4 is 10.5 Å². The molecule has 0 aliphatic heterocycles. The molecule has 18 heavy (non-hydrogen) atoms. The van der Waals surface area contributed by atoms with Crippen molar-refractivity contribution in [2.75, 3.05) is 5.73 Å². The predicted octanol–water partition coefficient (Wildman–Crippen LogP) is 0.269. The van der Waals surface area contributed by atoms with Gasteiger partial charge in [-0.2, -0.15) is 4.98 Å². The minimum Gasteiger partial charge on any atom is -0.396 e. The summed E-state index contributed by atoms with van der Waals surface area (Å²) < 4.78 is 43.4. The van der Waals surface area contributed by atoms with Gasteiger partial charge in [-0.3, -0.25) is 0 Å². The van der Waals surface area contributed by atoms with E-state index in [1.807, 2.05) is 0 Å². The van der Waals surface area contributed by atoms with Crippen LogP contribution in [0.3, 0.4) is 0 Å². The molecule has 2 rings (SSSR count). The van der Waals surface area contributed by atoms with E-state index in [2.05, 4.69) is 19.4 Å². The molecular weight excluding hydrogens is 263 g/mol. The molecule has 0 aliphatic carbocycles. The summed E-state index contributed by atoms with van der Waals surface area (Å²) in [5.74, 6) is -0.619. The van der Waals surface area contributed by atoms with E-state index >= 15 is 0 Å². The minimum absolute atomic E-state index is 0.118. The highest BCUT2D eigenvalue weighted by Crippen LogP contribution is 2.16. The number of halogens is 1. The average Bonchev–Trinajstić information content (AvgIpc) is 2.83. The van der Waals surface area contributed by atoms with Crippen molar-refractivity contribution in [1.29, 1.82) is 0 Å². The summed E-state index contributed by atoms with van der Waals surface area (Å²) in [6.07, 6.45) is 1.08. The van der Waals surface area contributed by atoms with E-state index in [-0.39, 0.29) is 23.0 Å². The molecule has 2 aromatic rings. The van der Waals surface area contributed by atoms with Crippen molar-refractivity contribution >= 4 is 15.7 Å². The first-order chi connectivity index (χ1) is 8.49. The lowest BCUT2D eigenvalue weighted by Crippen LogP contribution is -2.24. The summed E-state index contributed by atoms with van der Waals surface area (Å²) in [5.41, 5.74) is 5.14. The highest BCUT2D eigenvalue weighted by molar-refractivity contribution is 7.89. The highest BCUT2D eigenvalue weighted by atomic mass is 32.2. The lowest BCUT2D eigenvalue weighted by Gasteiger charge is -2.05. The lowest BCUT2D eigenvalue weighted by molar-refractivity contribution is 0.409. The minimum atomic E-state index is -3.84. The summed E-state index contributed by atoms with van der Waals surface area (Å²) in [6, 6.07) is 3.23. The van der Waals surface area contributed by atoms with Crippen LogP contribution >= 0.6 is 0 Å². The third-order valence-electron chi connectivity index (χ3n) is 2.11. The number of nitrogen functional groups attached to an aromatic ring is 1. The van der Waals surface area contributed by atoms with Gasteiger partial charge in [0.15, 0.2) is 5.82 Å². The van der Waals surface area contributed by atoms with Crippen LogP contribution in [-0.2, 0) is 16.6 Å². The van der Waals surface area contributed by atoms with Gasteiger partial charge in [-0.05, 0) is 18.2 Å². The fourth-order valence-electron chi connectivity index (χ4n) is 1.19. The molecule has 0 unspecified atom stereocenters. The zero-order valence-corrected chi connectivity index (χ0v) is 9.82. The van der Waals surface area contributed by atoms with Gasteiger partial charge in [-0.1, -0.05) is 5.16 Å². The van der Waals surface area contributed by atoms with Crippen molar-refractivity contribution in [3.8, 4) is 0 Å². The second-order valence-corrected chi connectivity index (χ2v) is 5.12. The molecule has 7 nitrogen and oxygen atoms in total. The number of nitrogens with one attached hydrogen (secondary N) is 1. The van der Waals surface area contributed by atoms with Crippen molar-refractivity contribution in [3.63, 3.8) is 0 Å². The van der Waals surface area contributed by atoms with Gasteiger partial charge >= 0.3 is 0 Å². The van der Waals surface area contributed by atoms with Crippen LogP contribution in [0.2, 0.25) is 0 Å². The van der Waals surface area contributed by atoms with E-state index in [0.29, 0.717) is 0 Å². The molecule has 9 heteroatoms. The number of benzene rings is 1. The van der Waals surface area contributed by atoms with E-state index < -0.39 is 15.8 Å². The molecule has 0 aliphatic rings. The van der Waals surface area contributed by atoms with Crippen molar-refractivity contribution in [2.24, 2.45) is 0 Å². The molecule has 3 N–H and O–H groups in total. The van der Waals surface area contributed by atoms with Crippen LogP contribution in [0.5, 0.6) is 0 Å². The Morgan fingerprint density at radius 3 is 2.83 bits per heavy atom. The Morgan fingerprint density at radius 1 is 1.44 bits per heavy atom. The van der Waals surface area contributed by atoms with Gasteiger partial charge in [-0.25, -0.2) is 17.5 Å². The SMILES string of the molecule is Nc1ccc(S(=O)(=O)NCc2ncon2)cc1F. The maximum absolute atomic E-state index is 13.2. The fourth-order valence-corrected chi connectivity index (χ4v) is 2.18. The molecular formula is C9H9FN4O3S. The summed E-state index contributed by atoms with van der Waals surface area (Å²) in [5, 5.41) is 3.44. The van der Waals surface area contributed by atoms with Gasteiger partial charge < -0.3 is 10.3 Å². The average molecular weight is 272 g/mol. The van der Waals surface area contributed by atoms with Gasteiger partial charge in [0.2, 0.25) is 16.4 Å². The first-order valence-corrected chi connectivity index (χ1v) is 6.27. The number of hydrogen-bond acceptors (Lipinski definition) is 6.